The molecule has 40 heavy (non-hydrogen) atoms. The van der Waals surface area contributed by atoms with Gasteiger partial charge in [0, 0.05) is 33.3 Å². The first-order chi connectivity index (χ1) is 19.6. The number of rotatable bonds is 7. The van der Waals surface area contributed by atoms with E-state index in [2.05, 4.69) is 39.8 Å². The second-order valence-corrected chi connectivity index (χ2v) is 11.0. The molecule has 0 saturated carbocycles. The van der Waals surface area contributed by atoms with Gasteiger partial charge in [-0.3, -0.25) is 14.0 Å². The summed E-state index contributed by atoms with van der Waals surface area (Å²) in [5.74, 6) is 0.330. The number of hydrogen-bond donors (Lipinski definition) is 2. The van der Waals surface area contributed by atoms with E-state index in [1.165, 1.54) is 12.8 Å². The van der Waals surface area contributed by atoms with Crippen LogP contribution >= 0.6 is 0 Å². The number of pyridine rings is 2. The Morgan fingerprint density at radius 1 is 1.05 bits per heavy atom. The van der Waals surface area contributed by atoms with Crippen LogP contribution < -0.4 is 16.1 Å². The van der Waals surface area contributed by atoms with Crippen molar-refractivity contribution in [2.75, 3.05) is 44.6 Å². The summed E-state index contributed by atoms with van der Waals surface area (Å²) in [4.78, 5) is 34.9. The van der Waals surface area contributed by atoms with Gasteiger partial charge in [0.2, 0.25) is 5.43 Å². The molecule has 2 aromatic carbocycles. The molecular formula is C31H34N6O3. The highest BCUT2D eigenvalue weighted by atomic mass is 16.5. The van der Waals surface area contributed by atoms with Gasteiger partial charge in [-0.25, -0.2) is 4.98 Å². The fourth-order valence-electron chi connectivity index (χ4n) is 6.32. The third-order valence-corrected chi connectivity index (χ3v) is 8.43. The van der Waals surface area contributed by atoms with Crippen molar-refractivity contribution in [2.24, 2.45) is 7.05 Å². The maximum Gasteiger partial charge on any atom is 0.259 e. The third-order valence-electron chi connectivity index (χ3n) is 8.43. The summed E-state index contributed by atoms with van der Waals surface area (Å²) in [6.45, 7) is 4.86. The van der Waals surface area contributed by atoms with Gasteiger partial charge in [-0.1, -0.05) is 24.3 Å². The van der Waals surface area contributed by atoms with E-state index in [9.17, 15) is 9.59 Å². The molecule has 9 heteroatoms. The van der Waals surface area contributed by atoms with Gasteiger partial charge >= 0.3 is 0 Å². The topological polar surface area (TPSA) is 92.9 Å². The number of nitrogens with zero attached hydrogens (tertiary/aromatic N) is 4. The Morgan fingerprint density at radius 2 is 1.82 bits per heavy atom. The Hall–Kier alpha value is -3.95. The molecule has 2 aliphatic rings. The first-order valence-electron chi connectivity index (χ1n) is 14.3. The Morgan fingerprint density at radius 3 is 2.58 bits per heavy atom. The van der Waals surface area contributed by atoms with Gasteiger partial charge in [0.25, 0.3) is 5.91 Å². The number of benzene rings is 2. The first-order valence-corrected chi connectivity index (χ1v) is 14.3. The van der Waals surface area contributed by atoms with Gasteiger partial charge in [0.15, 0.2) is 5.65 Å². The average molecular weight is 539 g/mol. The lowest BCUT2D eigenvalue weighted by Gasteiger charge is -2.15. The summed E-state index contributed by atoms with van der Waals surface area (Å²) in [7, 11) is 1.91. The van der Waals surface area contributed by atoms with Gasteiger partial charge in [0.1, 0.15) is 17.0 Å². The van der Waals surface area contributed by atoms with E-state index < -0.39 is 0 Å². The van der Waals surface area contributed by atoms with Crippen molar-refractivity contribution in [2.45, 2.75) is 31.8 Å². The second-order valence-electron chi connectivity index (χ2n) is 11.0. The monoisotopic (exact) mass is 538 g/mol. The van der Waals surface area contributed by atoms with E-state index in [-0.39, 0.29) is 23.0 Å². The molecule has 1 atom stereocenters. The van der Waals surface area contributed by atoms with Crippen LogP contribution in [0.4, 0.5) is 5.82 Å². The summed E-state index contributed by atoms with van der Waals surface area (Å²) >= 11 is 0. The van der Waals surface area contributed by atoms with E-state index >= 15 is 0 Å². The lowest BCUT2D eigenvalue weighted by molar-refractivity contribution is 0.0950. The van der Waals surface area contributed by atoms with Crippen LogP contribution in [0.3, 0.4) is 0 Å². The molecule has 9 nitrogen and oxygen atoms in total. The summed E-state index contributed by atoms with van der Waals surface area (Å²) in [5, 5.41) is 9.03. The van der Waals surface area contributed by atoms with Crippen LogP contribution in [0.2, 0.25) is 0 Å². The lowest BCUT2D eigenvalue weighted by Crippen LogP contribution is -2.36. The normalized spacial score (nSPS) is 18.0. The molecule has 2 aliphatic heterocycles. The fourth-order valence-corrected chi connectivity index (χ4v) is 6.32. The highest BCUT2D eigenvalue weighted by Gasteiger charge is 2.25. The van der Waals surface area contributed by atoms with Crippen LogP contribution in [-0.4, -0.2) is 70.2 Å². The molecule has 0 aliphatic carbocycles. The molecule has 7 rings (SSSR count). The Balaban J connectivity index is 1.39. The average Bonchev–Trinajstić information content (AvgIpc) is 3.74. The maximum absolute atomic E-state index is 14.0. The summed E-state index contributed by atoms with van der Waals surface area (Å²) in [6.07, 6.45) is 4.65. The molecule has 1 amide bonds. The van der Waals surface area contributed by atoms with E-state index in [1.807, 2.05) is 34.2 Å². The molecule has 2 fully saturated rings. The molecule has 3 aromatic heterocycles. The van der Waals surface area contributed by atoms with Crippen molar-refractivity contribution in [1.82, 2.24) is 24.2 Å². The Kier molecular flexibility index (Phi) is 6.40. The number of aryl methyl sites for hydroxylation is 1. The molecule has 0 bridgehead atoms. The van der Waals surface area contributed by atoms with Crippen LogP contribution in [0.15, 0.2) is 53.3 Å². The first kappa shape index (κ1) is 25.0. The number of likely N-dealkylation sites (tertiary alicyclic amines) is 1. The molecular weight excluding hydrogens is 504 g/mol. The van der Waals surface area contributed by atoms with Crippen molar-refractivity contribution >= 4 is 50.2 Å². The number of ether oxygens (including phenoxy) is 1. The zero-order chi connectivity index (χ0) is 27.2. The van der Waals surface area contributed by atoms with Crippen molar-refractivity contribution in [3.63, 3.8) is 0 Å². The Bertz CT molecular complexity index is 1810. The van der Waals surface area contributed by atoms with Gasteiger partial charge < -0.3 is 24.8 Å². The number of carbonyl (C=O) groups is 1. The molecule has 2 N–H and O–H groups in total. The SMILES string of the molecule is Cn1c2cc3ccccc3cc2n2c3nc(NCC4CCCO4)ccc3c(=O)c(C(=O)NCCN3CCCC3)c12. The van der Waals surface area contributed by atoms with Crippen LogP contribution in [-0.2, 0) is 11.8 Å². The minimum absolute atomic E-state index is 0.151. The summed E-state index contributed by atoms with van der Waals surface area (Å²) in [6, 6.07) is 16.0. The Labute approximate surface area is 231 Å². The molecule has 206 valence electrons. The second kappa shape index (κ2) is 10.2. The van der Waals surface area contributed by atoms with Crippen LogP contribution in [0.25, 0.3) is 38.5 Å². The van der Waals surface area contributed by atoms with Crippen LogP contribution in [0.1, 0.15) is 36.0 Å². The minimum atomic E-state index is -0.348. The largest absolute Gasteiger partial charge is 0.376 e. The maximum atomic E-state index is 14.0. The standard InChI is InChI=1S/C31H34N6O3/c1-35-24-17-20-7-2-3-8-21(20)18-25(24)37-29-23(10-11-26(34-29)33-19-22-9-6-16-40-22)28(38)27(31(35)37)30(39)32-12-15-36-13-4-5-14-36/h2-3,7-8,10-11,17-18,22H,4-6,9,12-16,19H2,1H3,(H,32,39)(H,33,34). The fraction of sp³-hybridized carbons (Fsp3) is 0.387. The number of carbonyl (C=O) groups excluding carboxylic acids is 1. The van der Waals surface area contributed by atoms with Gasteiger partial charge in [0.05, 0.1) is 22.5 Å². The van der Waals surface area contributed by atoms with Gasteiger partial charge in [-0.15, -0.1) is 0 Å². The predicted octanol–water partition coefficient (Wildman–Crippen LogP) is 3.91. The number of nitrogens with one attached hydrogen (secondary N) is 2. The number of imidazole rings is 1. The summed E-state index contributed by atoms with van der Waals surface area (Å²) < 4.78 is 9.69. The predicted molar refractivity (Wildman–Crippen MR) is 158 cm³/mol. The zero-order valence-electron chi connectivity index (χ0n) is 22.8. The molecule has 5 aromatic rings. The van der Waals surface area contributed by atoms with Crippen LogP contribution in [0.5, 0.6) is 0 Å². The number of fused-ring (bicyclic) bond motifs is 6. The molecule has 0 spiro atoms. The van der Waals surface area contributed by atoms with E-state index in [0.29, 0.717) is 35.6 Å². The van der Waals surface area contributed by atoms with E-state index in [1.54, 1.807) is 6.07 Å². The zero-order valence-corrected chi connectivity index (χ0v) is 22.8. The number of aromatic nitrogens is 3. The smallest absolute Gasteiger partial charge is 0.259 e. The number of hydrogen-bond acceptors (Lipinski definition) is 6. The molecule has 2 saturated heterocycles. The lowest BCUT2D eigenvalue weighted by atomic mass is 10.1. The minimum Gasteiger partial charge on any atom is -0.376 e. The van der Waals surface area contributed by atoms with Crippen molar-refractivity contribution < 1.29 is 9.53 Å². The van der Waals surface area contributed by atoms with E-state index in [4.69, 9.17) is 9.72 Å². The number of amides is 1. The molecule has 0 radical (unpaired) electrons. The van der Waals surface area contributed by atoms with Crippen molar-refractivity contribution in [3.8, 4) is 0 Å². The third kappa shape index (κ3) is 4.30. The van der Waals surface area contributed by atoms with Crippen molar-refractivity contribution in [3.05, 3.63) is 64.3 Å². The van der Waals surface area contributed by atoms with Crippen LogP contribution in [0, 0.1) is 0 Å². The van der Waals surface area contributed by atoms with E-state index in [0.717, 1.165) is 60.9 Å². The molecule has 5 heterocycles. The van der Waals surface area contributed by atoms with Crippen molar-refractivity contribution in [1.29, 1.82) is 0 Å². The quantitative estimate of drug-likeness (QED) is 0.327. The summed E-state index contributed by atoms with van der Waals surface area (Å²) in [5.41, 5.74) is 2.75. The molecule has 1 unspecified atom stereocenters. The highest BCUT2D eigenvalue weighted by molar-refractivity contribution is 6.07. The van der Waals surface area contributed by atoms with Gasteiger partial charge in [-0.2, -0.15) is 0 Å². The number of anilines is 1. The van der Waals surface area contributed by atoms with Gasteiger partial charge in [-0.05, 0) is 73.8 Å². The highest BCUT2D eigenvalue weighted by Crippen LogP contribution is 2.29.